The Kier molecular flexibility index (Phi) is 6.00. The Morgan fingerprint density at radius 2 is 1.00 bits per heavy atom. The van der Waals surface area contributed by atoms with Crippen LogP contribution < -0.4 is 0 Å². The van der Waals surface area contributed by atoms with E-state index in [2.05, 4.69) is 13.2 Å². The topological polar surface area (TPSA) is 81.2 Å². The lowest BCUT2D eigenvalue weighted by Crippen LogP contribution is -2.44. The summed E-state index contributed by atoms with van der Waals surface area (Å²) in [7, 11) is 0. The number of urea groups is 2. The normalized spacial score (nSPS) is 19.9. The number of amides is 6. The van der Waals surface area contributed by atoms with Crippen LogP contribution in [0.25, 0.3) is 0 Å². The smallest absolute Gasteiger partial charge is 0.306 e. The van der Waals surface area contributed by atoms with Crippen LogP contribution in [0.1, 0.15) is 38.8 Å². The van der Waals surface area contributed by atoms with Crippen LogP contribution in [-0.2, 0) is 22.7 Å². The molecule has 0 N–H and O–H groups in total. The van der Waals surface area contributed by atoms with E-state index in [0.29, 0.717) is 0 Å². The molecule has 8 nitrogen and oxygen atoms in total. The van der Waals surface area contributed by atoms with Gasteiger partial charge in [0, 0.05) is 26.2 Å². The molecule has 2 aliphatic rings. The molecule has 8 heteroatoms. The van der Waals surface area contributed by atoms with Crippen molar-refractivity contribution >= 4 is 23.9 Å². The molecule has 1 aromatic carbocycles. The Morgan fingerprint density at radius 1 is 0.688 bits per heavy atom. The van der Waals surface area contributed by atoms with Crippen LogP contribution in [0, 0.1) is 0 Å². The van der Waals surface area contributed by atoms with Crippen LogP contribution in [0.15, 0.2) is 49.6 Å². The number of hydrogen-bond acceptors (Lipinski definition) is 4. The van der Waals surface area contributed by atoms with Gasteiger partial charge < -0.3 is 9.80 Å². The maximum atomic E-state index is 12.7. The molecular formula is C24H30N4O4. The molecule has 0 aliphatic carbocycles. The predicted octanol–water partition coefficient (Wildman–Crippen LogP) is 3.14. The van der Waals surface area contributed by atoms with E-state index in [1.807, 2.05) is 24.3 Å². The zero-order chi connectivity index (χ0) is 23.8. The van der Waals surface area contributed by atoms with Crippen molar-refractivity contribution in [1.29, 1.82) is 0 Å². The lowest BCUT2D eigenvalue weighted by Gasteiger charge is -2.29. The molecule has 0 bridgehead atoms. The third kappa shape index (κ3) is 3.70. The van der Waals surface area contributed by atoms with Crippen LogP contribution in [0.3, 0.4) is 0 Å². The molecule has 2 heterocycles. The van der Waals surface area contributed by atoms with E-state index in [-0.39, 0.29) is 50.1 Å². The summed E-state index contributed by atoms with van der Waals surface area (Å²) < 4.78 is 0. The van der Waals surface area contributed by atoms with Gasteiger partial charge in [-0.3, -0.25) is 19.4 Å². The fourth-order valence-electron chi connectivity index (χ4n) is 4.06. The second kappa shape index (κ2) is 8.26. The number of carbonyl (C=O) groups is 4. The van der Waals surface area contributed by atoms with E-state index < -0.39 is 11.1 Å². The van der Waals surface area contributed by atoms with Crippen molar-refractivity contribution < 1.29 is 19.2 Å². The van der Waals surface area contributed by atoms with Gasteiger partial charge in [0.1, 0.15) is 11.1 Å². The highest BCUT2D eigenvalue weighted by Gasteiger charge is 2.51. The second-order valence-corrected chi connectivity index (χ2v) is 9.08. The molecule has 0 radical (unpaired) electrons. The molecule has 2 aliphatic heterocycles. The first-order chi connectivity index (χ1) is 15.0. The lowest BCUT2D eigenvalue weighted by molar-refractivity contribution is -0.132. The van der Waals surface area contributed by atoms with E-state index in [0.717, 1.165) is 11.1 Å². The minimum atomic E-state index is -0.945. The number of hydrogen-bond donors (Lipinski definition) is 0. The maximum Gasteiger partial charge on any atom is 0.328 e. The predicted molar refractivity (Wildman–Crippen MR) is 120 cm³/mol. The number of nitrogens with zero attached hydrogens (tertiary/aromatic N) is 4. The molecule has 2 saturated heterocycles. The van der Waals surface area contributed by atoms with Gasteiger partial charge in [0.05, 0.1) is 0 Å². The van der Waals surface area contributed by atoms with Gasteiger partial charge in [-0.15, -0.1) is 13.2 Å². The van der Waals surface area contributed by atoms with Gasteiger partial charge in [0.2, 0.25) is 0 Å². The van der Waals surface area contributed by atoms with Gasteiger partial charge >= 0.3 is 12.1 Å². The van der Waals surface area contributed by atoms with Gasteiger partial charge in [-0.25, -0.2) is 9.59 Å². The largest absolute Gasteiger partial charge is 0.328 e. The average Bonchev–Trinajstić information content (AvgIpc) is 3.00. The second-order valence-electron chi connectivity index (χ2n) is 9.08. The Labute approximate surface area is 188 Å². The van der Waals surface area contributed by atoms with Crippen molar-refractivity contribution in [2.45, 2.75) is 51.9 Å². The first-order valence-corrected chi connectivity index (χ1v) is 10.5. The molecular weight excluding hydrogens is 408 g/mol. The summed E-state index contributed by atoms with van der Waals surface area (Å²) in [5.41, 5.74) is -0.168. The van der Waals surface area contributed by atoms with Crippen LogP contribution >= 0.6 is 0 Å². The van der Waals surface area contributed by atoms with Gasteiger partial charge in [-0.05, 0) is 38.8 Å². The summed E-state index contributed by atoms with van der Waals surface area (Å²) in [6, 6.07) is 6.81. The Balaban J connectivity index is 1.75. The third-order valence-electron chi connectivity index (χ3n) is 6.14. The Bertz CT molecular complexity index is 901. The first kappa shape index (κ1) is 23.2. The minimum Gasteiger partial charge on any atom is -0.306 e. The van der Waals surface area contributed by atoms with E-state index in [4.69, 9.17) is 0 Å². The van der Waals surface area contributed by atoms with Crippen molar-refractivity contribution in [2.75, 3.05) is 13.1 Å². The van der Waals surface area contributed by atoms with Crippen molar-refractivity contribution in [2.24, 2.45) is 0 Å². The number of carbonyl (C=O) groups excluding carboxylic acids is 4. The van der Waals surface area contributed by atoms with Gasteiger partial charge in [0.25, 0.3) is 11.8 Å². The van der Waals surface area contributed by atoms with Crippen molar-refractivity contribution in [3.05, 3.63) is 60.7 Å². The highest BCUT2D eigenvalue weighted by Crippen LogP contribution is 2.31. The van der Waals surface area contributed by atoms with Gasteiger partial charge in [0.15, 0.2) is 0 Å². The molecule has 0 saturated carbocycles. The third-order valence-corrected chi connectivity index (χ3v) is 6.14. The van der Waals surface area contributed by atoms with Gasteiger partial charge in [-0.2, -0.15) is 0 Å². The van der Waals surface area contributed by atoms with E-state index in [1.165, 1.54) is 22.0 Å². The molecule has 0 atom stereocenters. The Morgan fingerprint density at radius 3 is 1.28 bits per heavy atom. The number of rotatable bonds is 8. The van der Waals surface area contributed by atoms with E-state index in [9.17, 15) is 19.2 Å². The van der Waals surface area contributed by atoms with E-state index >= 15 is 0 Å². The van der Waals surface area contributed by atoms with Crippen LogP contribution in [0.5, 0.6) is 0 Å². The summed E-state index contributed by atoms with van der Waals surface area (Å²) in [4.78, 5) is 56.2. The van der Waals surface area contributed by atoms with Gasteiger partial charge in [-0.1, -0.05) is 36.4 Å². The quantitative estimate of drug-likeness (QED) is 0.461. The number of benzene rings is 1. The standard InChI is InChI=1S/C24H30N4O4/c1-7-13-25-19(29)23(3,4)27(21(25)31)15-17-9-11-18(12-10-17)16-28-22(32)26(14-8-2)20(30)24(28,5)6/h7-12H,1-2,13-16H2,3-6H3. The lowest BCUT2D eigenvalue weighted by atomic mass is 10.0. The highest BCUT2D eigenvalue weighted by molar-refractivity contribution is 6.07. The molecule has 0 unspecified atom stereocenters. The molecule has 3 rings (SSSR count). The molecule has 170 valence electrons. The van der Waals surface area contributed by atoms with Crippen LogP contribution in [-0.4, -0.2) is 67.6 Å². The summed E-state index contributed by atoms with van der Waals surface area (Å²) in [6.07, 6.45) is 3.07. The zero-order valence-electron chi connectivity index (χ0n) is 19.1. The summed E-state index contributed by atoms with van der Waals surface area (Å²) in [5, 5.41) is 0. The fourth-order valence-corrected chi connectivity index (χ4v) is 4.06. The Hall–Kier alpha value is -3.42. The zero-order valence-corrected chi connectivity index (χ0v) is 19.1. The van der Waals surface area contributed by atoms with Crippen LogP contribution in [0.4, 0.5) is 9.59 Å². The fraction of sp³-hybridized carbons (Fsp3) is 0.417. The molecule has 0 aromatic heterocycles. The first-order valence-electron chi connectivity index (χ1n) is 10.5. The summed E-state index contributed by atoms with van der Waals surface area (Å²) in [5.74, 6) is -0.495. The highest BCUT2D eigenvalue weighted by atomic mass is 16.2. The monoisotopic (exact) mass is 438 g/mol. The summed E-state index contributed by atoms with van der Waals surface area (Å²) >= 11 is 0. The molecule has 6 amide bonds. The average molecular weight is 439 g/mol. The van der Waals surface area contributed by atoms with Crippen molar-refractivity contribution in [3.8, 4) is 0 Å². The van der Waals surface area contributed by atoms with Crippen molar-refractivity contribution in [1.82, 2.24) is 19.6 Å². The van der Waals surface area contributed by atoms with Crippen LogP contribution in [0.2, 0.25) is 0 Å². The molecule has 0 spiro atoms. The summed E-state index contributed by atoms with van der Waals surface area (Å²) in [6.45, 7) is 15.1. The van der Waals surface area contributed by atoms with E-state index in [1.54, 1.807) is 37.5 Å². The van der Waals surface area contributed by atoms with Crippen molar-refractivity contribution in [3.63, 3.8) is 0 Å². The molecule has 1 aromatic rings. The molecule has 2 fully saturated rings. The maximum absolute atomic E-state index is 12.7. The molecule has 32 heavy (non-hydrogen) atoms. The minimum absolute atomic E-state index is 0.178. The SMILES string of the molecule is C=CCN1C(=O)N(Cc2ccc(CN3C(=O)N(CC=C)C(=O)C3(C)C)cc2)C(C)(C)C1=O. The number of imide groups is 2.